The molecule has 4 aromatic rings. The summed E-state index contributed by atoms with van der Waals surface area (Å²) < 4.78 is 20.9. The first-order chi connectivity index (χ1) is 14.1. The second-order valence-electron chi connectivity index (χ2n) is 6.84. The van der Waals surface area contributed by atoms with E-state index in [2.05, 4.69) is 15.6 Å². The van der Waals surface area contributed by atoms with Crippen molar-refractivity contribution in [3.8, 4) is 0 Å². The van der Waals surface area contributed by atoms with Gasteiger partial charge in [-0.05, 0) is 55.5 Å². The van der Waals surface area contributed by atoms with Crippen molar-refractivity contribution in [3.05, 3.63) is 89.8 Å². The van der Waals surface area contributed by atoms with Gasteiger partial charge in [-0.1, -0.05) is 12.1 Å². The number of nitrogens with one attached hydrogen (secondary N) is 2. The molecule has 0 fully saturated rings. The quantitative estimate of drug-likeness (QED) is 0.534. The van der Waals surface area contributed by atoms with Crippen molar-refractivity contribution >= 4 is 28.6 Å². The van der Waals surface area contributed by atoms with Crippen LogP contribution in [0.25, 0.3) is 11.0 Å². The minimum absolute atomic E-state index is 0.300. The van der Waals surface area contributed by atoms with E-state index in [0.717, 1.165) is 11.0 Å². The van der Waals surface area contributed by atoms with E-state index in [-0.39, 0.29) is 11.7 Å². The second kappa shape index (κ2) is 6.63. The maximum Gasteiger partial charge on any atom is 0.255 e. The lowest BCUT2D eigenvalue weighted by atomic mass is 9.99. The molecule has 2 aromatic carbocycles. The average molecular weight is 388 g/mol. The number of furan rings is 1. The molecule has 6 nitrogen and oxygen atoms in total. The Kier molecular flexibility index (Phi) is 3.94. The van der Waals surface area contributed by atoms with Crippen molar-refractivity contribution in [3.63, 3.8) is 0 Å². The highest BCUT2D eigenvalue weighted by Gasteiger charge is 2.35. The van der Waals surface area contributed by atoms with Crippen LogP contribution >= 0.6 is 0 Å². The SMILES string of the molecule is CC1=C(C(=O)Nc2ccc(F)cc2)C(c2ccco2)n2c(nc3ccccc32)N1. The van der Waals surface area contributed by atoms with Gasteiger partial charge >= 0.3 is 0 Å². The van der Waals surface area contributed by atoms with Gasteiger partial charge in [-0.3, -0.25) is 9.36 Å². The van der Waals surface area contributed by atoms with E-state index >= 15 is 0 Å². The highest BCUT2D eigenvalue weighted by molar-refractivity contribution is 6.06. The number of carbonyl (C=O) groups excluding carboxylic acids is 1. The van der Waals surface area contributed by atoms with Crippen molar-refractivity contribution in [1.82, 2.24) is 9.55 Å². The zero-order chi connectivity index (χ0) is 20.0. The second-order valence-corrected chi connectivity index (χ2v) is 6.84. The first-order valence-electron chi connectivity index (χ1n) is 9.17. The molecule has 1 amide bonds. The summed E-state index contributed by atoms with van der Waals surface area (Å²) in [6.45, 7) is 1.83. The third kappa shape index (κ3) is 2.87. The molecule has 0 saturated carbocycles. The molecule has 1 aliphatic rings. The van der Waals surface area contributed by atoms with Crippen LogP contribution in [-0.4, -0.2) is 15.5 Å². The molecule has 29 heavy (non-hydrogen) atoms. The molecule has 144 valence electrons. The molecular weight excluding hydrogens is 371 g/mol. The zero-order valence-electron chi connectivity index (χ0n) is 15.5. The lowest BCUT2D eigenvalue weighted by molar-refractivity contribution is -0.113. The van der Waals surface area contributed by atoms with Gasteiger partial charge in [0.15, 0.2) is 0 Å². The molecule has 1 unspecified atom stereocenters. The molecule has 0 spiro atoms. The van der Waals surface area contributed by atoms with E-state index in [0.29, 0.717) is 28.7 Å². The number of carbonyl (C=O) groups is 1. The summed E-state index contributed by atoms with van der Waals surface area (Å²) in [6.07, 6.45) is 1.58. The Morgan fingerprint density at radius 2 is 1.93 bits per heavy atom. The molecule has 7 heteroatoms. The summed E-state index contributed by atoms with van der Waals surface area (Å²) in [4.78, 5) is 17.9. The number of fused-ring (bicyclic) bond motifs is 3. The topological polar surface area (TPSA) is 72.1 Å². The van der Waals surface area contributed by atoms with Gasteiger partial charge in [0.25, 0.3) is 5.91 Å². The Morgan fingerprint density at radius 3 is 2.69 bits per heavy atom. The van der Waals surface area contributed by atoms with Crippen molar-refractivity contribution in [2.24, 2.45) is 0 Å². The number of nitrogens with zero attached hydrogens (tertiary/aromatic N) is 2. The lowest BCUT2D eigenvalue weighted by Crippen LogP contribution is -2.30. The lowest BCUT2D eigenvalue weighted by Gasteiger charge is -2.29. The number of rotatable bonds is 3. The van der Waals surface area contributed by atoms with Gasteiger partial charge in [-0.2, -0.15) is 0 Å². The summed E-state index contributed by atoms with van der Waals surface area (Å²) in [5.74, 6) is 0.607. The van der Waals surface area contributed by atoms with Gasteiger partial charge in [0.05, 0.1) is 22.9 Å². The fourth-order valence-corrected chi connectivity index (χ4v) is 3.71. The first-order valence-corrected chi connectivity index (χ1v) is 9.17. The van der Waals surface area contributed by atoms with Crippen molar-refractivity contribution in [2.45, 2.75) is 13.0 Å². The molecule has 1 aliphatic heterocycles. The molecule has 2 N–H and O–H groups in total. The molecule has 0 saturated heterocycles. The number of aromatic nitrogens is 2. The zero-order valence-corrected chi connectivity index (χ0v) is 15.5. The molecule has 5 rings (SSSR count). The minimum Gasteiger partial charge on any atom is -0.467 e. The Balaban J connectivity index is 1.63. The third-order valence-electron chi connectivity index (χ3n) is 4.99. The highest BCUT2D eigenvalue weighted by Crippen LogP contribution is 2.39. The summed E-state index contributed by atoms with van der Waals surface area (Å²) in [7, 11) is 0. The molecular formula is C22H17FN4O2. The highest BCUT2D eigenvalue weighted by atomic mass is 19.1. The van der Waals surface area contributed by atoms with Crippen LogP contribution in [0.15, 0.2) is 82.6 Å². The number of imidazole rings is 1. The van der Waals surface area contributed by atoms with Gasteiger partial charge in [-0.15, -0.1) is 0 Å². The van der Waals surface area contributed by atoms with E-state index in [1.54, 1.807) is 12.3 Å². The molecule has 0 radical (unpaired) electrons. The Labute approximate surface area is 165 Å². The van der Waals surface area contributed by atoms with E-state index in [9.17, 15) is 9.18 Å². The maximum atomic E-state index is 13.3. The summed E-state index contributed by atoms with van der Waals surface area (Å²) in [6, 6.07) is 16.5. The normalized spacial score (nSPS) is 15.9. The Hall–Kier alpha value is -3.87. The summed E-state index contributed by atoms with van der Waals surface area (Å²) in [5, 5.41) is 6.09. The van der Waals surface area contributed by atoms with E-state index in [1.807, 2.05) is 41.8 Å². The summed E-state index contributed by atoms with van der Waals surface area (Å²) in [5.41, 5.74) is 3.39. The maximum absolute atomic E-state index is 13.3. The van der Waals surface area contributed by atoms with Crippen LogP contribution in [0.1, 0.15) is 18.7 Å². The number of benzene rings is 2. The van der Waals surface area contributed by atoms with Crippen LogP contribution < -0.4 is 10.6 Å². The number of hydrogen-bond acceptors (Lipinski definition) is 4. The van der Waals surface area contributed by atoms with Crippen LogP contribution in [0.4, 0.5) is 16.0 Å². The largest absolute Gasteiger partial charge is 0.467 e. The fourth-order valence-electron chi connectivity index (χ4n) is 3.71. The third-order valence-corrected chi connectivity index (χ3v) is 4.99. The number of hydrogen-bond donors (Lipinski definition) is 2. The van der Waals surface area contributed by atoms with Gasteiger partial charge in [0, 0.05) is 11.4 Å². The van der Waals surface area contributed by atoms with Gasteiger partial charge in [0.1, 0.15) is 17.6 Å². The number of amides is 1. The summed E-state index contributed by atoms with van der Waals surface area (Å²) >= 11 is 0. The van der Waals surface area contributed by atoms with Crippen LogP contribution in [-0.2, 0) is 4.79 Å². The fraction of sp³-hybridized carbons (Fsp3) is 0.0909. The average Bonchev–Trinajstić information content (AvgIpc) is 3.36. The van der Waals surface area contributed by atoms with E-state index in [1.165, 1.54) is 24.3 Å². The number of anilines is 2. The van der Waals surface area contributed by atoms with E-state index in [4.69, 9.17) is 4.42 Å². The molecule has 0 aliphatic carbocycles. The van der Waals surface area contributed by atoms with Crippen LogP contribution in [0.2, 0.25) is 0 Å². The van der Waals surface area contributed by atoms with Crippen molar-refractivity contribution in [2.75, 3.05) is 10.6 Å². The Morgan fingerprint density at radius 1 is 1.14 bits per heavy atom. The molecule has 0 bridgehead atoms. The number of allylic oxidation sites excluding steroid dienone is 1. The van der Waals surface area contributed by atoms with Crippen molar-refractivity contribution < 1.29 is 13.6 Å². The van der Waals surface area contributed by atoms with Crippen LogP contribution in [0.3, 0.4) is 0 Å². The monoisotopic (exact) mass is 388 g/mol. The Bertz CT molecular complexity index is 1240. The van der Waals surface area contributed by atoms with E-state index < -0.39 is 6.04 Å². The van der Waals surface area contributed by atoms with Crippen LogP contribution in [0.5, 0.6) is 0 Å². The van der Waals surface area contributed by atoms with Crippen molar-refractivity contribution in [1.29, 1.82) is 0 Å². The van der Waals surface area contributed by atoms with Gasteiger partial charge < -0.3 is 15.1 Å². The first kappa shape index (κ1) is 17.2. The number of halogens is 1. The standard InChI is InChI=1S/C22H17FN4O2/c1-13-19(21(28)25-15-10-8-14(23)9-11-15)20(18-7-4-12-29-18)27-17-6-3-2-5-16(17)26-22(27)24-13/h2-12,20H,1H3,(H,24,26)(H,25,28). The van der Waals surface area contributed by atoms with Gasteiger partial charge in [-0.25, -0.2) is 9.37 Å². The number of para-hydroxylation sites is 2. The predicted octanol–water partition coefficient (Wildman–Crippen LogP) is 4.70. The minimum atomic E-state index is -0.492. The van der Waals surface area contributed by atoms with Crippen LogP contribution in [0, 0.1) is 5.82 Å². The van der Waals surface area contributed by atoms with Gasteiger partial charge in [0.2, 0.25) is 5.95 Å². The smallest absolute Gasteiger partial charge is 0.255 e. The molecule has 2 aromatic heterocycles. The predicted molar refractivity (Wildman–Crippen MR) is 108 cm³/mol. The molecule has 1 atom stereocenters. The molecule has 3 heterocycles.